The van der Waals surface area contributed by atoms with Crippen LogP contribution in [-0.4, -0.2) is 19.0 Å². The maximum Gasteiger partial charge on any atom is 0.220 e. The van der Waals surface area contributed by atoms with Gasteiger partial charge in [-0.25, -0.2) is 0 Å². The molecule has 3 N–H and O–H groups in total. The molecule has 0 spiro atoms. The van der Waals surface area contributed by atoms with Gasteiger partial charge in [-0.3, -0.25) is 4.79 Å². The molecular weight excluding hydrogens is 236 g/mol. The number of benzene rings is 1. The van der Waals surface area contributed by atoms with Crippen molar-refractivity contribution in [1.82, 2.24) is 5.32 Å². The Labute approximate surface area is 116 Å². The molecule has 1 amide bonds. The van der Waals surface area contributed by atoms with Gasteiger partial charge in [-0.2, -0.15) is 0 Å². The summed E-state index contributed by atoms with van der Waals surface area (Å²) in [7, 11) is 0. The molecule has 1 aromatic carbocycles. The fourth-order valence-electron chi connectivity index (χ4n) is 2.16. The van der Waals surface area contributed by atoms with Crippen molar-refractivity contribution in [3.63, 3.8) is 0 Å². The summed E-state index contributed by atoms with van der Waals surface area (Å²) in [6, 6.07) is 8.32. The summed E-state index contributed by atoms with van der Waals surface area (Å²) < 4.78 is 0. The lowest BCUT2D eigenvalue weighted by Gasteiger charge is -2.14. The molecule has 1 unspecified atom stereocenters. The van der Waals surface area contributed by atoms with Crippen LogP contribution in [0.4, 0.5) is 0 Å². The summed E-state index contributed by atoms with van der Waals surface area (Å²) in [4.78, 5) is 11.8. The van der Waals surface area contributed by atoms with Crippen molar-refractivity contribution in [3.05, 3.63) is 35.4 Å². The van der Waals surface area contributed by atoms with Gasteiger partial charge in [0.15, 0.2) is 0 Å². The number of nitrogens with two attached hydrogens (primary N) is 1. The number of carbonyl (C=O) groups excluding carboxylic acids is 1. The predicted molar refractivity (Wildman–Crippen MR) is 80.0 cm³/mol. The van der Waals surface area contributed by atoms with Crippen LogP contribution in [0.3, 0.4) is 0 Å². The van der Waals surface area contributed by atoms with Crippen LogP contribution in [0.1, 0.15) is 37.3 Å². The number of hydrogen-bond acceptors (Lipinski definition) is 2. The minimum Gasteiger partial charge on any atom is -0.356 e. The van der Waals surface area contributed by atoms with Gasteiger partial charge in [-0.15, -0.1) is 0 Å². The average Bonchev–Trinajstić information content (AvgIpc) is 2.41. The molecule has 1 rings (SSSR count). The van der Waals surface area contributed by atoms with Crippen LogP contribution in [0.15, 0.2) is 24.3 Å². The van der Waals surface area contributed by atoms with Gasteiger partial charge in [-0.1, -0.05) is 43.2 Å². The van der Waals surface area contributed by atoms with Gasteiger partial charge in [-0.05, 0) is 37.8 Å². The topological polar surface area (TPSA) is 55.1 Å². The Balaban J connectivity index is 2.28. The Morgan fingerprint density at radius 2 is 2.21 bits per heavy atom. The summed E-state index contributed by atoms with van der Waals surface area (Å²) in [5.74, 6) is 0.643. The second-order valence-electron chi connectivity index (χ2n) is 5.14. The monoisotopic (exact) mass is 262 g/mol. The van der Waals surface area contributed by atoms with Crippen molar-refractivity contribution in [1.29, 1.82) is 0 Å². The van der Waals surface area contributed by atoms with Crippen LogP contribution in [0.25, 0.3) is 0 Å². The number of hydrogen-bond donors (Lipinski definition) is 2. The van der Waals surface area contributed by atoms with E-state index in [1.807, 2.05) is 6.07 Å². The number of nitrogens with one attached hydrogen (secondary N) is 1. The van der Waals surface area contributed by atoms with E-state index in [0.717, 1.165) is 25.8 Å². The van der Waals surface area contributed by atoms with E-state index < -0.39 is 0 Å². The smallest absolute Gasteiger partial charge is 0.220 e. The minimum atomic E-state index is 0.136. The van der Waals surface area contributed by atoms with E-state index in [1.54, 1.807) is 0 Å². The minimum absolute atomic E-state index is 0.136. The molecule has 3 nitrogen and oxygen atoms in total. The maximum absolute atomic E-state index is 11.8. The first kappa shape index (κ1) is 15.7. The Bertz CT molecular complexity index is 390. The summed E-state index contributed by atoms with van der Waals surface area (Å²) in [6.07, 6.45) is 3.41. The molecule has 0 saturated heterocycles. The summed E-state index contributed by atoms with van der Waals surface area (Å²) in [5, 5.41) is 3.01. The SMILES string of the molecule is CCC(CCN)CNC(=O)CCc1cccc(C)c1. The number of aryl methyl sites for hydroxylation is 2. The Morgan fingerprint density at radius 3 is 2.84 bits per heavy atom. The highest BCUT2D eigenvalue weighted by atomic mass is 16.1. The molecule has 0 fully saturated rings. The lowest BCUT2D eigenvalue weighted by molar-refractivity contribution is -0.121. The number of carbonyl (C=O) groups is 1. The quantitative estimate of drug-likeness (QED) is 0.756. The predicted octanol–water partition coefficient (Wildman–Crippen LogP) is 2.42. The molecule has 106 valence electrons. The van der Waals surface area contributed by atoms with Gasteiger partial charge < -0.3 is 11.1 Å². The van der Waals surface area contributed by atoms with Crippen LogP contribution in [0.2, 0.25) is 0 Å². The lowest BCUT2D eigenvalue weighted by Crippen LogP contribution is -2.30. The first-order chi connectivity index (χ1) is 9.15. The van der Waals surface area contributed by atoms with Crippen molar-refractivity contribution < 1.29 is 4.79 Å². The van der Waals surface area contributed by atoms with Gasteiger partial charge >= 0.3 is 0 Å². The normalized spacial score (nSPS) is 12.2. The van der Waals surface area contributed by atoms with E-state index >= 15 is 0 Å². The molecule has 0 aliphatic heterocycles. The molecule has 19 heavy (non-hydrogen) atoms. The van der Waals surface area contributed by atoms with Crippen LogP contribution >= 0.6 is 0 Å². The molecule has 3 heteroatoms. The highest BCUT2D eigenvalue weighted by Crippen LogP contribution is 2.07. The van der Waals surface area contributed by atoms with Gasteiger partial charge in [0, 0.05) is 13.0 Å². The average molecular weight is 262 g/mol. The Kier molecular flexibility index (Phi) is 7.19. The van der Waals surface area contributed by atoms with E-state index in [-0.39, 0.29) is 5.91 Å². The molecule has 1 atom stereocenters. The Hall–Kier alpha value is -1.35. The van der Waals surface area contributed by atoms with Gasteiger partial charge in [0.25, 0.3) is 0 Å². The van der Waals surface area contributed by atoms with E-state index in [2.05, 4.69) is 37.4 Å². The number of amides is 1. The summed E-state index contributed by atoms with van der Waals surface area (Å²) >= 11 is 0. The fraction of sp³-hybridized carbons (Fsp3) is 0.562. The van der Waals surface area contributed by atoms with Crippen LogP contribution in [-0.2, 0) is 11.2 Å². The molecular formula is C16H26N2O. The number of rotatable bonds is 8. The second-order valence-corrected chi connectivity index (χ2v) is 5.14. The van der Waals surface area contributed by atoms with Gasteiger partial charge in [0.1, 0.15) is 0 Å². The Morgan fingerprint density at radius 1 is 1.42 bits per heavy atom. The third kappa shape index (κ3) is 6.39. The van der Waals surface area contributed by atoms with Crippen LogP contribution in [0.5, 0.6) is 0 Å². The first-order valence-corrected chi connectivity index (χ1v) is 7.18. The van der Waals surface area contributed by atoms with Gasteiger partial charge in [0.2, 0.25) is 5.91 Å². The van der Waals surface area contributed by atoms with Crippen LogP contribution < -0.4 is 11.1 Å². The highest BCUT2D eigenvalue weighted by molar-refractivity contribution is 5.76. The lowest BCUT2D eigenvalue weighted by atomic mass is 10.0. The summed E-state index contributed by atoms with van der Waals surface area (Å²) in [5.41, 5.74) is 8.02. The molecule has 0 heterocycles. The zero-order valence-electron chi connectivity index (χ0n) is 12.1. The standard InChI is InChI=1S/C16H26N2O/c1-3-14(9-10-17)12-18-16(19)8-7-15-6-4-5-13(2)11-15/h4-6,11,14H,3,7-10,12,17H2,1-2H3,(H,18,19). The molecule has 0 aliphatic rings. The molecule has 0 aromatic heterocycles. The zero-order chi connectivity index (χ0) is 14.1. The molecule has 0 radical (unpaired) electrons. The second kappa shape index (κ2) is 8.70. The maximum atomic E-state index is 11.8. The third-order valence-corrected chi connectivity index (χ3v) is 3.46. The largest absolute Gasteiger partial charge is 0.356 e. The van der Waals surface area contributed by atoms with Crippen molar-refractivity contribution >= 4 is 5.91 Å². The fourth-order valence-corrected chi connectivity index (χ4v) is 2.16. The molecule has 0 bridgehead atoms. The van der Waals surface area contributed by atoms with E-state index in [9.17, 15) is 4.79 Å². The van der Waals surface area contributed by atoms with E-state index in [4.69, 9.17) is 5.73 Å². The molecule has 1 aromatic rings. The van der Waals surface area contributed by atoms with Crippen molar-refractivity contribution in [2.45, 2.75) is 39.5 Å². The highest BCUT2D eigenvalue weighted by Gasteiger charge is 2.08. The molecule has 0 aliphatic carbocycles. The van der Waals surface area contributed by atoms with Gasteiger partial charge in [0.05, 0.1) is 0 Å². The van der Waals surface area contributed by atoms with E-state index in [0.29, 0.717) is 18.9 Å². The first-order valence-electron chi connectivity index (χ1n) is 7.18. The van der Waals surface area contributed by atoms with Crippen molar-refractivity contribution in [2.75, 3.05) is 13.1 Å². The summed E-state index contributed by atoms with van der Waals surface area (Å²) in [6.45, 7) is 5.65. The zero-order valence-corrected chi connectivity index (χ0v) is 12.1. The molecule has 0 saturated carbocycles. The van der Waals surface area contributed by atoms with E-state index in [1.165, 1.54) is 11.1 Å². The van der Waals surface area contributed by atoms with Crippen LogP contribution in [0, 0.1) is 12.8 Å². The van der Waals surface area contributed by atoms with Crippen molar-refractivity contribution in [3.8, 4) is 0 Å². The van der Waals surface area contributed by atoms with Crippen molar-refractivity contribution in [2.24, 2.45) is 11.7 Å². The third-order valence-electron chi connectivity index (χ3n) is 3.46.